The van der Waals surface area contributed by atoms with Crippen molar-refractivity contribution >= 4 is 11.9 Å². The Morgan fingerprint density at radius 2 is 1.77 bits per heavy atom. The number of hydrogen-bond donors (Lipinski definition) is 2. The minimum Gasteiger partial charge on any atom is -0.493 e. The van der Waals surface area contributed by atoms with Gasteiger partial charge in [-0.25, -0.2) is 9.18 Å². The number of nitrogens with one attached hydrogen (secondary N) is 2. The van der Waals surface area contributed by atoms with E-state index in [0.29, 0.717) is 57.9 Å². The zero-order valence-electron chi connectivity index (χ0n) is 22.9. The van der Waals surface area contributed by atoms with Gasteiger partial charge >= 0.3 is 12.2 Å². The molecule has 11 heteroatoms. The Kier molecular flexibility index (Phi) is 8.63. The summed E-state index contributed by atoms with van der Waals surface area (Å²) in [7, 11) is 1.59. The van der Waals surface area contributed by atoms with Crippen LogP contribution in [0.3, 0.4) is 0 Å². The molecule has 0 aromatic heterocycles. The highest BCUT2D eigenvalue weighted by atomic mass is 19.4. The second-order valence-corrected chi connectivity index (χ2v) is 10.9. The molecular formula is C29H35F4N3O4. The van der Waals surface area contributed by atoms with Gasteiger partial charge in [-0.3, -0.25) is 4.79 Å². The number of halogens is 4. The summed E-state index contributed by atoms with van der Waals surface area (Å²) in [6.07, 6.45) is -3.07. The zero-order valence-corrected chi connectivity index (χ0v) is 22.9. The molecule has 2 aromatic rings. The molecule has 7 nitrogen and oxygen atoms in total. The molecule has 0 bridgehead atoms. The minimum atomic E-state index is -4.51. The lowest BCUT2D eigenvalue weighted by Crippen LogP contribution is -2.66. The second-order valence-electron chi connectivity index (χ2n) is 10.9. The number of rotatable bonds is 8. The van der Waals surface area contributed by atoms with E-state index >= 15 is 0 Å². The van der Waals surface area contributed by atoms with Crippen LogP contribution in [0.25, 0.3) is 0 Å². The predicted octanol–water partition coefficient (Wildman–Crippen LogP) is 5.00. The Hall–Kier alpha value is -3.34. The highest BCUT2D eigenvalue weighted by Gasteiger charge is 2.49. The first kappa shape index (κ1) is 29.6. The number of nitrogens with zero attached hydrogens (tertiary/aromatic N) is 1. The Balaban J connectivity index is 1.54. The molecule has 2 N–H and O–H groups in total. The van der Waals surface area contributed by atoms with Crippen LogP contribution in [0.5, 0.6) is 5.75 Å². The number of carbonyl (C=O) groups excluding carboxylic acids is 2. The summed E-state index contributed by atoms with van der Waals surface area (Å²) in [5.41, 5.74) is -1.69. The standard InChI is InChI=1S/C29H35F4N3O4/c1-27(2,19-6-4-7-20(16-19)29(31,32)33)25(37)36-12-10-28(11-13-36)23(18-34-26(38)35-28)22-9-8-21(30)17-24(22)40-15-5-14-39-3/h4,6-9,16-17,23H,5,10-15,18H2,1-3H3,(H2,34,35,38). The van der Waals surface area contributed by atoms with Crippen molar-refractivity contribution in [1.29, 1.82) is 0 Å². The van der Waals surface area contributed by atoms with Crippen LogP contribution in [0, 0.1) is 5.82 Å². The smallest absolute Gasteiger partial charge is 0.416 e. The molecule has 0 radical (unpaired) electrons. The maximum absolute atomic E-state index is 14.2. The van der Waals surface area contributed by atoms with E-state index in [0.717, 1.165) is 17.7 Å². The maximum Gasteiger partial charge on any atom is 0.416 e. The summed E-state index contributed by atoms with van der Waals surface area (Å²) in [4.78, 5) is 27.7. The van der Waals surface area contributed by atoms with Crippen molar-refractivity contribution in [2.75, 3.05) is 40.0 Å². The zero-order chi connectivity index (χ0) is 29.1. The van der Waals surface area contributed by atoms with Crippen LogP contribution in [0.2, 0.25) is 0 Å². The van der Waals surface area contributed by atoms with Crippen LogP contribution >= 0.6 is 0 Å². The summed E-state index contributed by atoms with van der Waals surface area (Å²) >= 11 is 0. The summed E-state index contributed by atoms with van der Waals surface area (Å²) in [6.45, 7) is 4.96. The molecule has 2 fully saturated rings. The van der Waals surface area contributed by atoms with Crippen LogP contribution in [0.4, 0.5) is 22.4 Å². The monoisotopic (exact) mass is 565 g/mol. The highest BCUT2D eigenvalue weighted by Crippen LogP contribution is 2.43. The van der Waals surface area contributed by atoms with Crippen molar-refractivity contribution in [2.45, 2.75) is 56.2 Å². The van der Waals surface area contributed by atoms with Crippen LogP contribution in [0.15, 0.2) is 42.5 Å². The van der Waals surface area contributed by atoms with Crippen LogP contribution in [-0.4, -0.2) is 62.3 Å². The van der Waals surface area contributed by atoms with E-state index in [2.05, 4.69) is 10.6 Å². The molecule has 4 rings (SSSR count). The number of hydrogen-bond acceptors (Lipinski definition) is 4. The minimum absolute atomic E-state index is 0.267. The van der Waals surface area contributed by atoms with E-state index in [1.807, 2.05) is 0 Å². The molecule has 2 aromatic carbocycles. The van der Waals surface area contributed by atoms with Crippen molar-refractivity contribution in [2.24, 2.45) is 0 Å². The second kappa shape index (κ2) is 11.6. The number of amides is 3. The first-order chi connectivity index (χ1) is 18.9. The van der Waals surface area contributed by atoms with Crippen molar-refractivity contribution in [3.8, 4) is 5.75 Å². The van der Waals surface area contributed by atoms with E-state index in [9.17, 15) is 27.2 Å². The third kappa shape index (κ3) is 6.19. The van der Waals surface area contributed by atoms with Gasteiger partial charge in [0.2, 0.25) is 5.91 Å². The average Bonchev–Trinajstić information content (AvgIpc) is 2.91. The number of carbonyl (C=O) groups is 2. The first-order valence-electron chi connectivity index (χ1n) is 13.3. The van der Waals surface area contributed by atoms with Gasteiger partial charge in [0.15, 0.2) is 0 Å². The van der Waals surface area contributed by atoms with E-state index in [-0.39, 0.29) is 23.4 Å². The number of alkyl halides is 3. The molecule has 0 aliphatic carbocycles. The lowest BCUT2D eigenvalue weighted by Gasteiger charge is -2.50. The summed E-state index contributed by atoms with van der Waals surface area (Å²) in [5.74, 6) is -0.605. The lowest BCUT2D eigenvalue weighted by atomic mass is 9.71. The largest absolute Gasteiger partial charge is 0.493 e. The van der Waals surface area contributed by atoms with E-state index < -0.39 is 28.5 Å². The fourth-order valence-electron chi connectivity index (χ4n) is 5.65. The molecule has 0 saturated carbocycles. The fraction of sp³-hybridized carbons (Fsp3) is 0.517. The third-order valence-corrected chi connectivity index (χ3v) is 7.99. The summed E-state index contributed by atoms with van der Waals surface area (Å²) in [6, 6.07) is 8.88. The van der Waals surface area contributed by atoms with Gasteiger partial charge < -0.3 is 25.0 Å². The topological polar surface area (TPSA) is 79.9 Å². The normalized spacial score (nSPS) is 19.2. The number of methoxy groups -OCH3 is 1. The van der Waals surface area contributed by atoms with Crippen molar-refractivity contribution in [3.05, 3.63) is 65.0 Å². The molecule has 2 aliphatic rings. The molecular weight excluding hydrogens is 530 g/mol. The van der Waals surface area contributed by atoms with Crippen LogP contribution in [0.1, 0.15) is 55.7 Å². The Morgan fingerprint density at radius 3 is 2.45 bits per heavy atom. The third-order valence-electron chi connectivity index (χ3n) is 7.99. The van der Waals surface area contributed by atoms with Gasteiger partial charge in [0.05, 0.1) is 23.1 Å². The van der Waals surface area contributed by atoms with Gasteiger partial charge in [-0.1, -0.05) is 24.3 Å². The number of piperidine rings is 1. The molecule has 1 unspecified atom stereocenters. The molecule has 2 saturated heterocycles. The summed E-state index contributed by atoms with van der Waals surface area (Å²) in [5, 5.41) is 5.90. The van der Waals surface area contributed by atoms with Gasteiger partial charge in [0.25, 0.3) is 0 Å². The van der Waals surface area contributed by atoms with Crippen LogP contribution in [-0.2, 0) is 21.1 Å². The van der Waals surface area contributed by atoms with Crippen LogP contribution < -0.4 is 15.4 Å². The van der Waals surface area contributed by atoms with Crippen molar-refractivity contribution < 1.29 is 36.6 Å². The van der Waals surface area contributed by atoms with Gasteiger partial charge in [-0.15, -0.1) is 0 Å². The molecule has 40 heavy (non-hydrogen) atoms. The highest BCUT2D eigenvalue weighted by molar-refractivity contribution is 5.87. The number of benzene rings is 2. The Labute approximate surface area is 231 Å². The molecule has 2 aliphatic heterocycles. The molecule has 3 amide bonds. The van der Waals surface area contributed by atoms with Crippen molar-refractivity contribution in [3.63, 3.8) is 0 Å². The Morgan fingerprint density at radius 1 is 1.07 bits per heavy atom. The summed E-state index contributed by atoms with van der Waals surface area (Å²) < 4.78 is 65.1. The van der Waals surface area contributed by atoms with Gasteiger partial charge in [-0.05, 0) is 44.4 Å². The molecule has 2 heterocycles. The number of urea groups is 1. The fourth-order valence-corrected chi connectivity index (χ4v) is 5.65. The quantitative estimate of drug-likeness (QED) is 0.349. The van der Waals surface area contributed by atoms with E-state index in [1.165, 1.54) is 24.3 Å². The van der Waals surface area contributed by atoms with E-state index in [4.69, 9.17) is 9.47 Å². The van der Waals surface area contributed by atoms with E-state index in [1.54, 1.807) is 31.9 Å². The van der Waals surface area contributed by atoms with Gasteiger partial charge in [0.1, 0.15) is 11.6 Å². The SMILES string of the molecule is COCCCOc1cc(F)ccc1C1CNC(=O)NC12CCN(C(=O)C(C)(C)c1cccc(C(F)(F)F)c1)CC2. The number of likely N-dealkylation sites (tertiary alicyclic amines) is 1. The average molecular weight is 566 g/mol. The van der Waals surface area contributed by atoms with Crippen molar-refractivity contribution in [1.82, 2.24) is 15.5 Å². The first-order valence-corrected chi connectivity index (χ1v) is 13.3. The Bertz CT molecular complexity index is 1230. The van der Waals surface area contributed by atoms with Gasteiger partial charge in [-0.2, -0.15) is 13.2 Å². The predicted molar refractivity (Wildman–Crippen MR) is 141 cm³/mol. The molecule has 1 atom stereocenters. The molecule has 1 spiro atoms. The molecule has 218 valence electrons. The number of ether oxygens (including phenoxy) is 2. The maximum atomic E-state index is 14.2. The lowest BCUT2D eigenvalue weighted by molar-refractivity contribution is -0.140. The van der Waals surface area contributed by atoms with Gasteiger partial charge in [0, 0.05) is 57.3 Å².